The van der Waals surface area contributed by atoms with Crippen LogP contribution in [-0.2, 0) is 21.0 Å². The van der Waals surface area contributed by atoms with Crippen molar-refractivity contribution in [3.8, 4) is 0 Å². The van der Waals surface area contributed by atoms with E-state index in [0.29, 0.717) is 6.07 Å². The zero-order valence-corrected chi connectivity index (χ0v) is 12.7. The Balaban J connectivity index is 3.11. The summed E-state index contributed by atoms with van der Waals surface area (Å²) < 4.78 is 63.7. The number of carboxylic acids is 1. The Morgan fingerprint density at radius 3 is 2.36 bits per heavy atom. The standard InChI is InChI=1S/C13H16F3NO4S/c1-8(2)6-11(12(18)19)17-22(20,21)10-5-3-4-9(7-10)13(14,15)16/h3-5,7-8,11,17H,6H2,1-2H3,(H,18,19)/p-1/t11-/m0/s1. The fourth-order valence-corrected chi connectivity index (χ4v) is 3.00. The number of benzene rings is 1. The molecule has 0 aliphatic heterocycles. The highest BCUT2D eigenvalue weighted by atomic mass is 32.2. The summed E-state index contributed by atoms with van der Waals surface area (Å²) in [6.07, 6.45) is -4.74. The fraction of sp³-hybridized carbons (Fsp3) is 0.462. The Labute approximate surface area is 126 Å². The van der Waals surface area contributed by atoms with Gasteiger partial charge in [0, 0.05) is 0 Å². The molecule has 9 heteroatoms. The summed E-state index contributed by atoms with van der Waals surface area (Å²) >= 11 is 0. The van der Waals surface area contributed by atoms with Crippen molar-refractivity contribution in [3.63, 3.8) is 0 Å². The van der Waals surface area contributed by atoms with Crippen molar-refractivity contribution < 1.29 is 31.5 Å². The fourth-order valence-electron chi connectivity index (χ4n) is 1.76. The molecule has 124 valence electrons. The normalized spacial score (nSPS) is 14.1. The van der Waals surface area contributed by atoms with Gasteiger partial charge in [0.05, 0.1) is 22.5 Å². The summed E-state index contributed by atoms with van der Waals surface area (Å²) in [7, 11) is -4.40. The monoisotopic (exact) mass is 338 g/mol. The molecule has 0 spiro atoms. The van der Waals surface area contributed by atoms with E-state index >= 15 is 0 Å². The van der Waals surface area contributed by atoms with Crippen LogP contribution in [0.4, 0.5) is 13.2 Å². The Kier molecular flexibility index (Phi) is 5.58. The van der Waals surface area contributed by atoms with Gasteiger partial charge in [-0.25, -0.2) is 13.1 Å². The van der Waals surface area contributed by atoms with E-state index in [0.717, 1.165) is 18.2 Å². The average Bonchev–Trinajstić information content (AvgIpc) is 2.36. The highest BCUT2D eigenvalue weighted by Crippen LogP contribution is 2.30. The Bertz CT molecular complexity index is 641. The van der Waals surface area contributed by atoms with Crippen molar-refractivity contribution in [2.45, 2.75) is 37.4 Å². The molecule has 5 nitrogen and oxygen atoms in total. The lowest BCUT2D eigenvalue weighted by Gasteiger charge is -2.21. The maximum Gasteiger partial charge on any atom is 0.416 e. The average molecular weight is 338 g/mol. The van der Waals surface area contributed by atoms with E-state index in [1.165, 1.54) is 0 Å². The number of hydrogen-bond donors (Lipinski definition) is 1. The number of sulfonamides is 1. The van der Waals surface area contributed by atoms with Gasteiger partial charge in [0.2, 0.25) is 10.0 Å². The van der Waals surface area contributed by atoms with Gasteiger partial charge in [0.1, 0.15) is 0 Å². The number of hydrogen-bond acceptors (Lipinski definition) is 4. The van der Waals surface area contributed by atoms with Crippen LogP contribution in [-0.4, -0.2) is 20.4 Å². The molecule has 1 rings (SSSR count). The second kappa shape index (κ2) is 6.66. The van der Waals surface area contributed by atoms with Gasteiger partial charge in [0.25, 0.3) is 0 Å². The van der Waals surface area contributed by atoms with Gasteiger partial charge >= 0.3 is 6.18 Å². The lowest BCUT2D eigenvalue weighted by molar-refractivity contribution is -0.308. The maximum atomic E-state index is 12.6. The summed E-state index contributed by atoms with van der Waals surface area (Å²) in [4.78, 5) is 10.3. The number of alkyl halides is 3. The molecule has 0 aliphatic rings. The zero-order chi connectivity index (χ0) is 17.1. The highest BCUT2D eigenvalue weighted by Gasteiger charge is 2.32. The summed E-state index contributed by atoms with van der Waals surface area (Å²) in [5, 5.41) is 11.0. The quantitative estimate of drug-likeness (QED) is 0.843. The lowest BCUT2D eigenvalue weighted by atomic mass is 10.1. The molecule has 1 aromatic carbocycles. The van der Waals surface area contributed by atoms with Crippen LogP contribution in [0.15, 0.2) is 29.2 Å². The predicted molar refractivity (Wildman–Crippen MR) is 70.0 cm³/mol. The number of carbonyl (C=O) groups excluding carboxylic acids is 1. The molecule has 0 radical (unpaired) electrons. The van der Waals surface area contributed by atoms with Crippen molar-refractivity contribution in [2.24, 2.45) is 5.92 Å². The number of carboxylic acid groups (broad SMARTS) is 1. The Morgan fingerprint density at radius 2 is 1.91 bits per heavy atom. The van der Waals surface area contributed by atoms with Gasteiger partial charge in [-0.05, 0) is 30.5 Å². The largest absolute Gasteiger partial charge is 0.548 e. The first-order valence-electron chi connectivity index (χ1n) is 6.34. The molecular formula is C13H15F3NO4S-. The molecule has 1 atom stereocenters. The van der Waals surface area contributed by atoms with E-state index in [1.54, 1.807) is 13.8 Å². The van der Waals surface area contributed by atoms with Crippen LogP contribution in [0.2, 0.25) is 0 Å². The third kappa shape index (κ3) is 4.99. The van der Waals surface area contributed by atoms with Gasteiger partial charge in [-0.3, -0.25) is 0 Å². The number of carbonyl (C=O) groups is 1. The Hall–Kier alpha value is -1.61. The number of halogens is 3. The number of aliphatic carboxylic acids is 1. The molecule has 0 aromatic heterocycles. The zero-order valence-electron chi connectivity index (χ0n) is 11.8. The maximum absolute atomic E-state index is 12.6. The van der Waals surface area contributed by atoms with Gasteiger partial charge in [0.15, 0.2) is 0 Å². The van der Waals surface area contributed by atoms with Crippen molar-refractivity contribution in [1.29, 1.82) is 0 Å². The van der Waals surface area contributed by atoms with Gasteiger partial charge in [-0.15, -0.1) is 0 Å². The van der Waals surface area contributed by atoms with Crippen LogP contribution < -0.4 is 9.83 Å². The highest BCUT2D eigenvalue weighted by molar-refractivity contribution is 7.89. The molecule has 0 saturated carbocycles. The molecule has 0 unspecified atom stereocenters. The van der Waals surface area contributed by atoms with Crippen LogP contribution in [0.1, 0.15) is 25.8 Å². The van der Waals surface area contributed by atoms with Gasteiger partial charge in [-0.2, -0.15) is 13.2 Å². The smallest absolute Gasteiger partial charge is 0.416 e. The lowest BCUT2D eigenvalue weighted by Crippen LogP contribution is -2.48. The van der Waals surface area contributed by atoms with E-state index in [1.807, 2.05) is 4.72 Å². The first-order chi connectivity index (χ1) is 9.93. The molecule has 1 aromatic rings. The first-order valence-corrected chi connectivity index (χ1v) is 7.82. The van der Waals surface area contributed by atoms with E-state index in [4.69, 9.17) is 0 Å². The topological polar surface area (TPSA) is 86.3 Å². The third-order valence-electron chi connectivity index (χ3n) is 2.76. The molecule has 1 N–H and O–H groups in total. The van der Waals surface area contributed by atoms with Crippen molar-refractivity contribution in [3.05, 3.63) is 29.8 Å². The second-order valence-electron chi connectivity index (χ2n) is 5.15. The van der Waals surface area contributed by atoms with Crippen molar-refractivity contribution in [2.75, 3.05) is 0 Å². The van der Waals surface area contributed by atoms with Crippen LogP contribution in [0.25, 0.3) is 0 Å². The minimum atomic E-state index is -4.70. The van der Waals surface area contributed by atoms with Crippen molar-refractivity contribution in [1.82, 2.24) is 4.72 Å². The SMILES string of the molecule is CC(C)C[C@H](NS(=O)(=O)c1cccc(C(F)(F)F)c1)C(=O)[O-]. The molecule has 0 fully saturated rings. The van der Waals surface area contributed by atoms with Crippen molar-refractivity contribution >= 4 is 16.0 Å². The second-order valence-corrected chi connectivity index (χ2v) is 6.86. The van der Waals surface area contributed by atoms with E-state index < -0.39 is 38.7 Å². The number of rotatable bonds is 6. The minimum Gasteiger partial charge on any atom is -0.548 e. The van der Waals surface area contributed by atoms with E-state index in [2.05, 4.69) is 0 Å². The van der Waals surface area contributed by atoms with Gasteiger partial charge in [-0.1, -0.05) is 19.9 Å². The summed E-state index contributed by atoms with van der Waals surface area (Å²) in [6, 6.07) is 1.56. The van der Waals surface area contributed by atoms with Crippen LogP contribution in [0.3, 0.4) is 0 Å². The molecule has 22 heavy (non-hydrogen) atoms. The van der Waals surface area contributed by atoms with Crippen LogP contribution in [0, 0.1) is 5.92 Å². The molecule has 0 saturated heterocycles. The summed E-state index contributed by atoms with van der Waals surface area (Å²) in [5.74, 6) is -1.78. The molecule has 0 aliphatic carbocycles. The number of nitrogens with one attached hydrogen (secondary N) is 1. The van der Waals surface area contributed by atoms with Crippen LogP contribution in [0.5, 0.6) is 0 Å². The summed E-state index contributed by atoms with van der Waals surface area (Å²) in [5.41, 5.74) is -1.13. The van der Waals surface area contributed by atoms with Crippen LogP contribution >= 0.6 is 0 Å². The minimum absolute atomic E-state index is 0.0411. The van der Waals surface area contributed by atoms with E-state index in [9.17, 15) is 31.5 Å². The molecule has 0 amide bonds. The van der Waals surface area contributed by atoms with E-state index in [-0.39, 0.29) is 12.3 Å². The predicted octanol–water partition coefficient (Wildman–Crippen LogP) is 1.15. The first kappa shape index (κ1) is 18.4. The molecular weight excluding hydrogens is 323 g/mol. The summed E-state index contributed by atoms with van der Waals surface area (Å²) in [6.45, 7) is 3.35. The third-order valence-corrected chi connectivity index (χ3v) is 4.23. The molecule has 0 heterocycles. The molecule has 0 bridgehead atoms. The van der Waals surface area contributed by atoms with Gasteiger partial charge < -0.3 is 9.90 Å². The Morgan fingerprint density at radius 1 is 1.32 bits per heavy atom.